The molecule has 2 aromatic heterocycles. The SMILES string of the molecule is NC(=O)c1ccc(C(F)(F)F)nc1-n1nc(N)nc1Br. The second-order valence-corrected chi connectivity index (χ2v) is 4.29. The third-order valence-electron chi connectivity index (χ3n) is 2.22. The minimum Gasteiger partial charge on any atom is -0.366 e. The predicted octanol–water partition coefficient (Wildman–Crippen LogP) is 1.12. The number of rotatable bonds is 2. The fourth-order valence-electron chi connectivity index (χ4n) is 1.40. The van der Waals surface area contributed by atoms with E-state index in [1.165, 1.54) is 0 Å². The topological polar surface area (TPSA) is 113 Å². The average molecular weight is 351 g/mol. The standard InChI is InChI=1S/C9H6BrF3N6O/c10-7-17-8(15)18-19(7)6-3(5(14)20)1-2-4(16-6)9(11,12)13/h1-2H,(H2,14,20)(H2,15,18). The molecule has 4 N–H and O–H groups in total. The molecule has 11 heteroatoms. The first-order valence-corrected chi connectivity index (χ1v) is 5.76. The van der Waals surface area contributed by atoms with Gasteiger partial charge in [-0.15, -0.1) is 5.10 Å². The number of nitrogens with two attached hydrogens (primary N) is 2. The van der Waals surface area contributed by atoms with Crippen molar-refractivity contribution in [1.29, 1.82) is 0 Å². The number of aromatic nitrogens is 4. The summed E-state index contributed by atoms with van der Waals surface area (Å²) < 4.78 is 38.8. The third-order valence-corrected chi connectivity index (χ3v) is 2.73. The zero-order valence-electron chi connectivity index (χ0n) is 9.52. The van der Waals surface area contributed by atoms with Gasteiger partial charge in [0, 0.05) is 0 Å². The molecule has 0 atom stereocenters. The molecule has 0 bridgehead atoms. The lowest BCUT2D eigenvalue weighted by Gasteiger charge is -2.10. The van der Waals surface area contributed by atoms with E-state index in [0.717, 1.165) is 10.7 Å². The van der Waals surface area contributed by atoms with Crippen LogP contribution >= 0.6 is 15.9 Å². The van der Waals surface area contributed by atoms with E-state index in [-0.39, 0.29) is 16.2 Å². The Hall–Kier alpha value is -2.17. The zero-order chi connectivity index (χ0) is 15.1. The lowest BCUT2D eigenvalue weighted by atomic mass is 10.2. The molecule has 0 aliphatic heterocycles. The van der Waals surface area contributed by atoms with Crippen molar-refractivity contribution in [2.75, 3.05) is 5.73 Å². The number of hydrogen-bond donors (Lipinski definition) is 2. The molecule has 0 aliphatic carbocycles. The van der Waals surface area contributed by atoms with Gasteiger partial charge in [-0.05, 0) is 28.1 Å². The molecule has 0 aliphatic rings. The Morgan fingerprint density at radius 1 is 1.30 bits per heavy atom. The molecule has 2 heterocycles. The van der Waals surface area contributed by atoms with Crippen molar-refractivity contribution in [2.45, 2.75) is 6.18 Å². The van der Waals surface area contributed by atoms with E-state index in [2.05, 4.69) is 31.0 Å². The normalized spacial score (nSPS) is 11.6. The Kier molecular flexibility index (Phi) is 3.38. The van der Waals surface area contributed by atoms with Crippen LogP contribution in [0.3, 0.4) is 0 Å². The van der Waals surface area contributed by atoms with Crippen molar-refractivity contribution in [3.63, 3.8) is 0 Å². The van der Waals surface area contributed by atoms with Crippen LogP contribution in [0, 0.1) is 0 Å². The number of carbonyl (C=O) groups excluding carboxylic acids is 1. The maximum Gasteiger partial charge on any atom is 0.433 e. The second-order valence-electron chi connectivity index (χ2n) is 3.58. The maximum absolute atomic E-state index is 12.7. The van der Waals surface area contributed by atoms with Crippen LogP contribution in [0.5, 0.6) is 0 Å². The van der Waals surface area contributed by atoms with E-state index in [9.17, 15) is 18.0 Å². The van der Waals surface area contributed by atoms with Gasteiger partial charge in [-0.1, -0.05) is 0 Å². The summed E-state index contributed by atoms with van der Waals surface area (Å²) in [4.78, 5) is 18.3. The van der Waals surface area contributed by atoms with Crippen LogP contribution in [0.4, 0.5) is 19.1 Å². The number of amides is 1. The summed E-state index contributed by atoms with van der Waals surface area (Å²) in [5.41, 5.74) is 8.98. The second kappa shape index (κ2) is 4.74. The van der Waals surface area contributed by atoms with Gasteiger partial charge in [-0.25, -0.2) is 4.98 Å². The van der Waals surface area contributed by atoms with Crippen LogP contribution in [-0.2, 0) is 6.18 Å². The van der Waals surface area contributed by atoms with E-state index >= 15 is 0 Å². The van der Waals surface area contributed by atoms with E-state index < -0.39 is 23.6 Å². The van der Waals surface area contributed by atoms with Gasteiger partial charge in [0.25, 0.3) is 5.91 Å². The first-order chi connectivity index (χ1) is 9.20. The Labute approximate surface area is 117 Å². The van der Waals surface area contributed by atoms with Crippen LogP contribution in [0.2, 0.25) is 0 Å². The Morgan fingerprint density at radius 3 is 2.40 bits per heavy atom. The van der Waals surface area contributed by atoms with Crippen molar-refractivity contribution in [3.05, 3.63) is 28.1 Å². The molecule has 1 amide bonds. The zero-order valence-corrected chi connectivity index (χ0v) is 11.1. The van der Waals surface area contributed by atoms with Gasteiger partial charge in [0.1, 0.15) is 5.69 Å². The molecule has 0 radical (unpaired) electrons. The van der Waals surface area contributed by atoms with Crippen LogP contribution in [0.1, 0.15) is 16.1 Å². The molecule has 2 aromatic rings. The smallest absolute Gasteiger partial charge is 0.366 e. The summed E-state index contributed by atoms with van der Waals surface area (Å²) >= 11 is 2.95. The lowest BCUT2D eigenvalue weighted by Crippen LogP contribution is -2.19. The van der Waals surface area contributed by atoms with Crippen molar-refractivity contribution < 1.29 is 18.0 Å². The minimum atomic E-state index is -4.68. The quantitative estimate of drug-likeness (QED) is 0.842. The number of pyridine rings is 1. The molecule has 0 spiro atoms. The Balaban J connectivity index is 2.71. The van der Waals surface area contributed by atoms with Gasteiger partial charge in [-0.3, -0.25) is 4.79 Å². The van der Waals surface area contributed by atoms with E-state index in [4.69, 9.17) is 11.5 Å². The van der Waals surface area contributed by atoms with E-state index in [1.807, 2.05) is 0 Å². The van der Waals surface area contributed by atoms with Crippen molar-refractivity contribution in [3.8, 4) is 5.82 Å². The van der Waals surface area contributed by atoms with Gasteiger partial charge in [-0.2, -0.15) is 22.8 Å². The predicted molar refractivity (Wildman–Crippen MR) is 64.8 cm³/mol. The highest BCUT2D eigenvalue weighted by atomic mass is 79.9. The number of nitrogen functional groups attached to an aromatic ring is 1. The summed E-state index contributed by atoms with van der Waals surface area (Å²) in [5, 5.41) is 3.65. The highest BCUT2D eigenvalue weighted by Crippen LogP contribution is 2.29. The molecule has 0 saturated carbocycles. The molecule has 2 rings (SSSR count). The molecular formula is C9H6BrF3N6O. The van der Waals surface area contributed by atoms with Crippen molar-refractivity contribution in [1.82, 2.24) is 19.7 Å². The minimum absolute atomic E-state index is 0.00988. The van der Waals surface area contributed by atoms with Gasteiger partial charge in [0.2, 0.25) is 10.7 Å². The van der Waals surface area contributed by atoms with Crippen LogP contribution in [0.15, 0.2) is 16.9 Å². The van der Waals surface area contributed by atoms with E-state index in [0.29, 0.717) is 6.07 Å². The largest absolute Gasteiger partial charge is 0.433 e. The highest BCUT2D eigenvalue weighted by Gasteiger charge is 2.34. The molecule has 20 heavy (non-hydrogen) atoms. The van der Waals surface area contributed by atoms with Gasteiger partial charge in [0.15, 0.2) is 5.82 Å². The molecule has 0 fully saturated rings. The number of hydrogen-bond acceptors (Lipinski definition) is 5. The van der Waals surface area contributed by atoms with Crippen LogP contribution < -0.4 is 11.5 Å². The first-order valence-electron chi connectivity index (χ1n) is 4.96. The first kappa shape index (κ1) is 14.2. The number of alkyl halides is 3. The summed E-state index contributed by atoms with van der Waals surface area (Å²) in [5.74, 6) is -1.57. The van der Waals surface area contributed by atoms with Gasteiger partial charge in [0.05, 0.1) is 5.56 Å². The number of nitrogens with zero attached hydrogens (tertiary/aromatic N) is 4. The average Bonchev–Trinajstić information content (AvgIpc) is 2.66. The summed E-state index contributed by atoms with van der Waals surface area (Å²) in [6, 6.07) is 1.57. The van der Waals surface area contributed by atoms with Gasteiger partial charge < -0.3 is 11.5 Å². The van der Waals surface area contributed by atoms with Crippen molar-refractivity contribution >= 4 is 27.8 Å². The number of halogens is 4. The van der Waals surface area contributed by atoms with Gasteiger partial charge >= 0.3 is 6.18 Å². The number of primary amides is 1. The third kappa shape index (κ3) is 2.57. The summed E-state index contributed by atoms with van der Waals surface area (Å²) in [6.07, 6.45) is -4.68. The van der Waals surface area contributed by atoms with E-state index in [1.54, 1.807) is 0 Å². The lowest BCUT2D eigenvalue weighted by molar-refractivity contribution is -0.141. The van der Waals surface area contributed by atoms with Crippen LogP contribution in [-0.4, -0.2) is 25.7 Å². The maximum atomic E-state index is 12.7. The molecular weight excluding hydrogens is 345 g/mol. The monoisotopic (exact) mass is 350 g/mol. The summed E-state index contributed by atoms with van der Waals surface area (Å²) in [7, 11) is 0. The molecule has 0 saturated heterocycles. The fraction of sp³-hybridized carbons (Fsp3) is 0.111. The summed E-state index contributed by atoms with van der Waals surface area (Å²) in [6.45, 7) is 0. The molecule has 0 unspecified atom stereocenters. The Bertz CT molecular complexity index is 683. The van der Waals surface area contributed by atoms with Crippen LogP contribution in [0.25, 0.3) is 5.82 Å². The number of anilines is 1. The molecule has 7 nitrogen and oxygen atoms in total. The van der Waals surface area contributed by atoms with Crippen molar-refractivity contribution in [2.24, 2.45) is 5.73 Å². The molecule has 106 valence electrons. The number of carbonyl (C=O) groups is 1. The highest BCUT2D eigenvalue weighted by molar-refractivity contribution is 9.10. The molecule has 0 aromatic carbocycles. The Morgan fingerprint density at radius 2 is 1.95 bits per heavy atom. The fourth-order valence-corrected chi connectivity index (χ4v) is 1.83.